The lowest BCUT2D eigenvalue weighted by Gasteiger charge is -2.24. The highest BCUT2D eigenvalue weighted by atomic mass is 16.2. The molecule has 17 heavy (non-hydrogen) atoms. The molecule has 4 nitrogen and oxygen atoms in total. The van der Waals surface area contributed by atoms with Crippen LogP contribution < -0.4 is 5.43 Å². The molecule has 2 aliphatic heterocycles. The molecule has 96 valence electrons. The number of nitrogens with one attached hydrogen (secondary N) is 1. The molecule has 2 rings (SSSR count). The summed E-state index contributed by atoms with van der Waals surface area (Å²) in [4.78, 5) is 14.0. The highest BCUT2D eigenvalue weighted by Crippen LogP contribution is 2.19. The third-order valence-corrected chi connectivity index (χ3v) is 2.96. The predicted octanol–water partition coefficient (Wildman–Crippen LogP) is 1.87. The van der Waals surface area contributed by atoms with E-state index in [9.17, 15) is 4.79 Å². The van der Waals surface area contributed by atoms with Crippen LogP contribution in [0.2, 0.25) is 0 Å². The number of carbonyl (C=O) groups excluding carboxylic acids is 1. The zero-order valence-electron chi connectivity index (χ0n) is 11.2. The molecule has 0 spiro atoms. The molecule has 0 unspecified atom stereocenters. The Labute approximate surface area is 104 Å². The first-order chi connectivity index (χ1) is 8.18. The van der Waals surface area contributed by atoms with Crippen molar-refractivity contribution in [3.8, 4) is 0 Å². The molecule has 0 aromatic rings. The van der Waals surface area contributed by atoms with E-state index in [0.29, 0.717) is 6.04 Å². The quantitative estimate of drug-likeness (QED) is 0.756. The summed E-state index contributed by atoms with van der Waals surface area (Å²) >= 11 is 0. The van der Waals surface area contributed by atoms with Crippen molar-refractivity contribution in [2.24, 2.45) is 0 Å². The standard InChI is InChI=1S/C11H17N3O.C2H6/c1-9-4-3-6-14(9)11(15)10-5-7-13(2)12-8-10;1-2/h5,7-9,12H,3-4,6H2,1-2H3;1-2H3/t9-;/m1./s1. The van der Waals surface area contributed by atoms with Gasteiger partial charge in [-0.1, -0.05) is 13.8 Å². The fourth-order valence-corrected chi connectivity index (χ4v) is 1.99. The van der Waals surface area contributed by atoms with E-state index in [-0.39, 0.29) is 5.91 Å². The number of likely N-dealkylation sites (tertiary alicyclic amines) is 1. The molecule has 2 aliphatic rings. The lowest BCUT2D eigenvalue weighted by Crippen LogP contribution is -2.37. The zero-order valence-corrected chi connectivity index (χ0v) is 11.2. The van der Waals surface area contributed by atoms with Gasteiger partial charge in [0.1, 0.15) is 0 Å². The molecule has 1 saturated heterocycles. The zero-order chi connectivity index (χ0) is 12.8. The van der Waals surface area contributed by atoms with Crippen LogP contribution in [-0.2, 0) is 4.79 Å². The largest absolute Gasteiger partial charge is 0.336 e. The molecule has 1 atom stereocenters. The third kappa shape index (κ3) is 3.25. The predicted molar refractivity (Wildman–Crippen MR) is 69.9 cm³/mol. The summed E-state index contributed by atoms with van der Waals surface area (Å²) < 4.78 is 0. The molecule has 4 heteroatoms. The molecular formula is C13H23N3O. The first-order valence-corrected chi connectivity index (χ1v) is 6.37. The van der Waals surface area contributed by atoms with E-state index in [1.165, 1.54) is 0 Å². The van der Waals surface area contributed by atoms with Gasteiger partial charge >= 0.3 is 0 Å². The second-order valence-electron chi connectivity index (χ2n) is 4.15. The van der Waals surface area contributed by atoms with Crippen LogP contribution in [0.15, 0.2) is 24.0 Å². The van der Waals surface area contributed by atoms with Crippen LogP contribution in [0.25, 0.3) is 0 Å². The minimum absolute atomic E-state index is 0.136. The van der Waals surface area contributed by atoms with Crippen molar-refractivity contribution in [3.05, 3.63) is 24.0 Å². The van der Waals surface area contributed by atoms with Gasteiger partial charge in [-0.05, 0) is 25.8 Å². The van der Waals surface area contributed by atoms with E-state index in [1.807, 2.05) is 43.1 Å². The number of hydrogen-bond donors (Lipinski definition) is 1. The molecule has 1 amide bonds. The molecule has 0 bridgehead atoms. The number of carbonyl (C=O) groups is 1. The summed E-state index contributed by atoms with van der Waals surface area (Å²) in [6.45, 7) is 7.00. The van der Waals surface area contributed by atoms with E-state index >= 15 is 0 Å². The van der Waals surface area contributed by atoms with Gasteiger partial charge in [-0.2, -0.15) is 0 Å². The topological polar surface area (TPSA) is 35.6 Å². The lowest BCUT2D eigenvalue weighted by atomic mass is 10.2. The van der Waals surface area contributed by atoms with Crippen LogP contribution in [0, 0.1) is 0 Å². The van der Waals surface area contributed by atoms with Gasteiger partial charge in [0.15, 0.2) is 0 Å². The average molecular weight is 237 g/mol. The van der Waals surface area contributed by atoms with Crippen molar-refractivity contribution in [3.63, 3.8) is 0 Å². The molecule has 2 heterocycles. The van der Waals surface area contributed by atoms with Gasteiger partial charge in [-0.3, -0.25) is 9.80 Å². The maximum atomic E-state index is 12.1. The fourth-order valence-electron chi connectivity index (χ4n) is 1.99. The second-order valence-corrected chi connectivity index (χ2v) is 4.15. The van der Waals surface area contributed by atoms with Gasteiger partial charge in [0.25, 0.3) is 5.91 Å². The number of hydrazine groups is 1. The van der Waals surface area contributed by atoms with Crippen molar-refractivity contribution < 1.29 is 4.79 Å². The number of nitrogens with zero attached hydrogens (tertiary/aromatic N) is 2. The summed E-state index contributed by atoms with van der Waals surface area (Å²) in [6.07, 6.45) is 7.71. The fraction of sp³-hybridized carbons (Fsp3) is 0.615. The summed E-state index contributed by atoms with van der Waals surface area (Å²) in [7, 11) is 1.90. The Morgan fingerprint density at radius 1 is 1.47 bits per heavy atom. The van der Waals surface area contributed by atoms with Crippen molar-refractivity contribution in [2.45, 2.75) is 39.7 Å². The van der Waals surface area contributed by atoms with E-state index in [4.69, 9.17) is 0 Å². The summed E-state index contributed by atoms with van der Waals surface area (Å²) in [6, 6.07) is 0.381. The van der Waals surface area contributed by atoms with Crippen LogP contribution in [0.5, 0.6) is 0 Å². The second kappa shape index (κ2) is 6.33. The van der Waals surface area contributed by atoms with Crippen LogP contribution >= 0.6 is 0 Å². The molecule has 1 N–H and O–H groups in total. The van der Waals surface area contributed by atoms with Gasteiger partial charge in [0.2, 0.25) is 0 Å². The minimum Gasteiger partial charge on any atom is -0.336 e. The minimum atomic E-state index is 0.136. The Morgan fingerprint density at radius 3 is 2.65 bits per heavy atom. The number of rotatable bonds is 1. The van der Waals surface area contributed by atoms with Gasteiger partial charge in [0, 0.05) is 32.0 Å². The van der Waals surface area contributed by atoms with Crippen LogP contribution in [0.4, 0.5) is 0 Å². The third-order valence-electron chi connectivity index (χ3n) is 2.96. The highest BCUT2D eigenvalue weighted by Gasteiger charge is 2.26. The SMILES string of the molecule is CC.C[C@@H]1CCCN1C(=O)C1=CNN(C)C=C1. The average Bonchev–Trinajstić information content (AvgIpc) is 2.78. The first-order valence-electron chi connectivity index (χ1n) is 6.37. The monoisotopic (exact) mass is 237 g/mol. The van der Waals surface area contributed by atoms with Crippen molar-refractivity contribution in [1.82, 2.24) is 15.3 Å². The summed E-state index contributed by atoms with van der Waals surface area (Å²) in [5.41, 5.74) is 3.73. The number of hydrogen-bond acceptors (Lipinski definition) is 3. The van der Waals surface area contributed by atoms with Crippen LogP contribution in [-0.4, -0.2) is 35.5 Å². The van der Waals surface area contributed by atoms with Crippen LogP contribution in [0.3, 0.4) is 0 Å². The van der Waals surface area contributed by atoms with E-state index in [1.54, 1.807) is 6.20 Å². The Morgan fingerprint density at radius 2 is 2.18 bits per heavy atom. The first kappa shape index (κ1) is 13.6. The highest BCUT2D eigenvalue weighted by molar-refractivity contribution is 5.96. The van der Waals surface area contributed by atoms with Crippen molar-refractivity contribution in [1.29, 1.82) is 0 Å². The molecule has 0 aliphatic carbocycles. The Balaban J connectivity index is 0.000000686. The van der Waals surface area contributed by atoms with Gasteiger partial charge in [-0.25, -0.2) is 0 Å². The number of amides is 1. The maximum absolute atomic E-state index is 12.1. The molecule has 0 saturated carbocycles. The smallest absolute Gasteiger partial charge is 0.255 e. The molecule has 1 fully saturated rings. The maximum Gasteiger partial charge on any atom is 0.255 e. The van der Waals surface area contributed by atoms with Crippen LogP contribution in [0.1, 0.15) is 33.6 Å². The summed E-state index contributed by atoms with van der Waals surface area (Å²) in [5, 5.41) is 1.81. The Bertz CT molecular complexity index is 323. The van der Waals surface area contributed by atoms with Crippen molar-refractivity contribution >= 4 is 5.91 Å². The molecule has 0 radical (unpaired) electrons. The molecular weight excluding hydrogens is 214 g/mol. The Hall–Kier alpha value is -1.45. The molecule has 0 aromatic carbocycles. The molecule has 0 aromatic heterocycles. The van der Waals surface area contributed by atoms with Gasteiger partial charge in [-0.15, -0.1) is 0 Å². The van der Waals surface area contributed by atoms with Crippen molar-refractivity contribution in [2.75, 3.05) is 13.6 Å². The van der Waals surface area contributed by atoms with E-state index < -0.39 is 0 Å². The Kier molecular flexibility index (Phi) is 5.07. The summed E-state index contributed by atoms with van der Waals surface area (Å²) in [5.74, 6) is 0.136. The van der Waals surface area contributed by atoms with Gasteiger partial charge < -0.3 is 10.3 Å². The van der Waals surface area contributed by atoms with Gasteiger partial charge in [0.05, 0.1) is 5.57 Å². The normalized spacial score (nSPS) is 22.6. The van der Waals surface area contributed by atoms with E-state index in [2.05, 4.69) is 12.3 Å². The lowest BCUT2D eigenvalue weighted by molar-refractivity contribution is -0.127. The van der Waals surface area contributed by atoms with E-state index in [0.717, 1.165) is 25.0 Å².